The molecule has 0 amide bonds. The summed E-state index contributed by atoms with van der Waals surface area (Å²) in [7, 11) is 0.882. The first-order valence-electron chi connectivity index (χ1n) is 16.9. The summed E-state index contributed by atoms with van der Waals surface area (Å²) in [6, 6.07) is 6.90. The second-order valence-corrected chi connectivity index (χ2v) is 15.9. The molecular weight excluding hydrogens is 673 g/mol. The lowest BCUT2D eigenvalue weighted by atomic mass is 9.60. The Balaban J connectivity index is 2.05. The van der Waals surface area contributed by atoms with Crippen LogP contribution in [-0.4, -0.2) is 37.9 Å². The fourth-order valence-corrected chi connectivity index (χ4v) is 8.70. The van der Waals surface area contributed by atoms with Crippen LogP contribution in [0.1, 0.15) is 99.0 Å². The van der Waals surface area contributed by atoms with E-state index in [0.717, 1.165) is 39.2 Å². The zero-order valence-electron chi connectivity index (χ0n) is 29.3. The first-order chi connectivity index (χ1) is 21.8. The highest BCUT2D eigenvalue weighted by Gasteiger charge is 2.64. The van der Waals surface area contributed by atoms with Crippen molar-refractivity contribution in [2.75, 3.05) is 13.7 Å². The number of benzene rings is 1. The average molecular weight is 728 g/mol. The lowest BCUT2D eigenvalue weighted by molar-refractivity contribution is -0.279. The summed E-state index contributed by atoms with van der Waals surface area (Å²) in [5.74, 6) is -1.64. The Bertz CT molecular complexity index is 1270. The molecule has 0 spiro atoms. The maximum Gasteiger partial charge on any atom is 0.432 e. The number of hydrogen-bond acceptors (Lipinski definition) is 5. The van der Waals surface area contributed by atoms with Crippen molar-refractivity contribution in [3.63, 3.8) is 0 Å². The Morgan fingerprint density at radius 2 is 1.70 bits per heavy atom. The van der Waals surface area contributed by atoms with Gasteiger partial charge in [0.1, 0.15) is 12.7 Å². The van der Waals surface area contributed by atoms with E-state index < -0.39 is 41.2 Å². The number of carbonyl (C=O) groups excluding carboxylic acids is 2. The Hall–Kier alpha value is -2.13. The number of ether oxygens (including phenoxy) is 3. The third kappa shape index (κ3) is 8.55. The number of allylic oxidation sites excluding steroid dienone is 1. The first kappa shape index (κ1) is 39.3. The van der Waals surface area contributed by atoms with Crippen LogP contribution in [0.4, 0.5) is 13.2 Å². The van der Waals surface area contributed by atoms with Gasteiger partial charge < -0.3 is 14.2 Å². The number of methoxy groups -OCH3 is 1. The van der Waals surface area contributed by atoms with Gasteiger partial charge in [-0.2, -0.15) is 13.2 Å². The number of carbonyl (C=O) groups is 2. The van der Waals surface area contributed by atoms with Gasteiger partial charge in [-0.15, -0.1) is 0 Å². The van der Waals surface area contributed by atoms with Gasteiger partial charge in [0.2, 0.25) is 0 Å². The molecule has 7 atom stereocenters. The second-order valence-electron chi connectivity index (χ2n) is 15.4. The van der Waals surface area contributed by atoms with Crippen LogP contribution in [0.25, 0.3) is 0 Å². The van der Waals surface area contributed by atoms with E-state index in [-0.39, 0.29) is 35.3 Å². The fourth-order valence-electron chi connectivity index (χ4n) is 8.15. The Morgan fingerprint density at radius 3 is 2.23 bits per heavy atom. The summed E-state index contributed by atoms with van der Waals surface area (Å²) in [6.45, 7) is 17.8. The van der Waals surface area contributed by atoms with Gasteiger partial charge in [-0.1, -0.05) is 86.1 Å². The van der Waals surface area contributed by atoms with Crippen LogP contribution in [0, 0.1) is 40.4 Å². The third-order valence-corrected chi connectivity index (χ3v) is 11.2. The van der Waals surface area contributed by atoms with Crippen LogP contribution in [0.15, 0.2) is 53.0 Å². The molecule has 47 heavy (non-hydrogen) atoms. The molecule has 2 fully saturated rings. The zero-order chi connectivity index (χ0) is 35.4. The van der Waals surface area contributed by atoms with Crippen LogP contribution in [0.3, 0.4) is 0 Å². The number of fused-ring (bicyclic) bond motifs is 1. The highest BCUT2D eigenvalue weighted by Crippen LogP contribution is 2.60. The highest BCUT2D eigenvalue weighted by atomic mass is 79.9. The molecule has 0 aliphatic heterocycles. The number of rotatable bonds is 13. The third-order valence-electron chi connectivity index (χ3n) is 10.6. The van der Waals surface area contributed by atoms with E-state index >= 15 is 0 Å². The van der Waals surface area contributed by atoms with Crippen LogP contribution in [0.2, 0.25) is 0 Å². The fraction of sp³-hybridized carbons (Fsp3) is 0.684. The van der Waals surface area contributed by atoms with E-state index in [0.29, 0.717) is 24.3 Å². The van der Waals surface area contributed by atoms with Gasteiger partial charge in [-0.3, -0.25) is 4.79 Å². The van der Waals surface area contributed by atoms with Crippen molar-refractivity contribution >= 4 is 27.9 Å². The quantitative estimate of drug-likeness (QED) is 0.150. The number of alkyl halides is 3. The van der Waals surface area contributed by atoms with Crippen molar-refractivity contribution in [2.45, 2.75) is 111 Å². The molecule has 0 aromatic heterocycles. The van der Waals surface area contributed by atoms with Gasteiger partial charge in [-0.25, -0.2) is 4.79 Å². The summed E-state index contributed by atoms with van der Waals surface area (Å²) in [5, 5.41) is 0. The summed E-state index contributed by atoms with van der Waals surface area (Å²) in [5.41, 5.74) is -2.46. The second kappa shape index (κ2) is 15.6. The molecular formula is C38H54BrF3O5. The molecule has 264 valence electrons. The van der Waals surface area contributed by atoms with Crippen molar-refractivity contribution in [3.05, 3.63) is 58.6 Å². The molecule has 3 rings (SSSR count). The summed E-state index contributed by atoms with van der Waals surface area (Å²) in [6.07, 6.45) is 0.00442. The van der Waals surface area contributed by atoms with Crippen LogP contribution in [0.5, 0.6) is 0 Å². The van der Waals surface area contributed by atoms with Gasteiger partial charge >= 0.3 is 18.1 Å². The van der Waals surface area contributed by atoms with E-state index in [1.54, 1.807) is 26.8 Å². The van der Waals surface area contributed by atoms with Crippen LogP contribution >= 0.6 is 15.9 Å². The molecule has 2 aliphatic carbocycles. The van der Waals surface area contributed by atoms with Crippen LogP contribution in [-0.2, 0) is 29.4 Å². The lowest BCUT2D eigenvalue weighted by Crippen LogP contribution is -2.53. The molecule has 0 N–H and O–H groups in total. The number of hydrogen-bond donors (Lipinski definition) is 0. The molecule has 0 bridgehead atoms. The zero-order valence-corrected chi connectivity index (χ0v) is 30.9. The molecule has 1 aromatic carbocycles. The topological polar surface area (TPSA) is 61.8 Å². The van der Waals surface area contributed by atoms with Crippen molar-refractivity contribution in [2.24, 2.45) is 40.4 Å². The summed E-state index contributed by atoms with van der Waals surface area (Å²) in [4.78, 5) is 28.8. The minimum Gasteiger partial charge on any atom is -0.461 e. The Labute approximate surface area is 288 Å². The Morgan fingerprint density at radius 1 is 1.06 bits per heavy atom. The predicted octanol–water partition coefficient (Wildman–Crippen LogP) is 10.3. The van der Waals surface area contributed by atoms with Crippen LogP contribution < -0.4 is 0 Å². The van der Waals surface area contributed by atoms with Crippen molar-refractivity contribution in [1.29, 1.82) is 0 Å². The molecule has 1 aromatic rings. The lowest BCUT2D eigenvalue weighted by Gasteiger charge is -2.45. The smallest absolute Gasteiger partial charge is 0.432 e. The van der Waals surface area contributed by atoms with E-state index in [9.17, 15) is 22.8 Å². The summed E-state index contributed by atoms with van der Waals surface area (Å²) >= 11 is 3.58. The first-order valence-corrected chi connectivity index (χ1v) is 17.8. The molecule has 5 nitrogen and oxygen atoms in total. The predicted molar refractivity (Wildman–Crippen MR) is 183 cm³/mol. The molecule has 0 radical (unpaired) electrons. The van der Waals surface area contributed by atoms with Crippen molar-refractivity contribution in [1.82, 2.24) is 0 Å². The standard InChI is InChI=1S/C38H54BrF3O5/c1-24(2)20-29(26(4)23-46-33(43)35(5,6)7)32(21-25(3)30-17-18-31-27(22-39)14-13-19-36(30,31)8)47-34(44)37(45-9,38(40,41)42)28-15-11-10-12-16-28/h10-12,15-16,22,24-25,29-32H,4,13-14,17-21,23H2,1-3,5-9H3/b27-22+/t25-,29+,30-,31+,32+,36-,37+/m1/s1. The molecule has 2 aliphatic rings. The van der Waals surface area contributed by atoms with E-state index in [2.05, 4.69) is 41.3 Å². The normalized spacial score (nSPS) is 25.9. The van der Waals surface area contributed by atoms with Gasteiger partial charge in [0.15, 0.2) is 0 Å². The van der Waals surface area contributed by atoms with Gasteiger partial charge in [-0.05, 0) is 105 Å². The Kier molecular flexibility index (Phi) is 13.1. The highest BCUT2D eigenvalue weighted by molar-refractivity contribution is 9.11. The van der Waals surface area contributed by atoms with E-state index in [4.69, 9.17) is 14.2 Å². The molecule has 9 heteroatoms. The van der Waals surface area contributed by atoms with Crippen molar-refractivity contribution in [3.8, 4) is 0 Å². The number of esters is 2. The maximum absolute atomic E-state index is 15.0. The average Bonchev–Trinajstić information content (AvgIpc) is 3.35. The monoisotopic (exact) mass is 726 g/mol. The maximum atomic E-state index is 15.0. The molecule has 0 heterocycles. The molecule has 2 saturated carbocycles. The SMILES string of the molecule is C=C(COC(=O)C(C)(C)C)[C@H](CC(C)C)[C@H](C[C@@H](C)[C@H]1CC[C@H]2/C(=C/Br)CCC[C@]12C)OC(=O)[C@@](OC)(c1ccccc1)C(F)(F)F. The van der Waals surface area contributed by atoms with Gasteiger partial charge in [0.05, 0.1) is 5.41 Å². The minimum absolute atomic E-state index is 0.0246. The largest absolute Gasteiger partial charge is 0.461 e. The van der Waals surface area contributed by atoms with E-state index in [1.165, 1.54) is 29.8 Å². The van der Waals surface area contributed by atoms with Gasteiger partial charge in [0.25, 0.3) is 5.60 Å². The number of halogens is 4. The summed E-state index contributed by atoms with van der Waals surface area (Å²) < 4.78 is 61.7. The molecule has 0 unspecified atom stereocenters. The van der Waals surface area contributed by atoms with Crippen molar-refractivity contribution < 1.29 is 37.0 Å². The van der Waals surface area contributed by atoms with E-state index in [1.807, 2.05) is 13.8 Å². The minimum atomic E-state index is -5.10. The van der Waals surface area contributed by atoms with Gasteiger partial charge in [0, 0.05) is 18.6 Å². The molecule has 0 saturated heterocycles.